The minimum atomic E-state index is 0.110. The molecule has 0 heterocycles. The van der Waals surface area contributed by atoms with E-state index in [0.29, 0.717) is 12.4 Å². The molecule has 1 rings (SSSR count). The maximum absolute atomic E-state index is 11.4. The monoisotopic (exact) mass is 281 g/mol. The highest BCUT2D eigenvalue weighted by Crippen LogP contribution is 2.22. The Labute approximate surface area is 120 Å². The Kier molecular flexibility index (Phi) is 7.41. The molecule has 1 aromatic carbocycles. The lowest BCUT2D eigenvalue weighted by atomic mass is 10.1. The molecule has 1 N–H and O–H groups in total. The molecule has 0 atom stereocenters. The second-order valence-electron chi connectivity index (χ2n) is 4.47. The lowest BCUT2D eigenvalue weighted by molar-refractivity contribution is -0.118. The number of para-hydroxylation sites is 1. The number of rotatable bonds is 8. The molecule has 0 aromatic heterocycles. The van der Waals surface area contributed by atoms with Crippen LogP contribution in [-0.4, -0.2) is 30.6 Å². The third kappa shape index (κ3) is 6.01. The minimum Gasteiger partial charge on any atom is -0.492 e. The first-order valence-electron chi connectivity index (χ1n) is 6.68. The molecule has 0 aliphatic rings. The first-order valence-corrected chi connectivity index (χ1v) is 7.84. The van der Waals surface area contributed by atoms with Crippen molar-refractivity contribution < 1.29 is 9.53 Å². The number of hydrogen-bond acceptors (Lipinski definition) is 3. The molecule has 1 amide bonds. The molecular weight excluding hydrogens is 258 g/mol. The van der Waals surface area contributed by atoms with Gasteiger partial charge < -0.3 is 10.1 Å². The van der Waals surface area contributed by atoms with E-state index in [9.17, 15) is 4.79 Å². The van der Waals surface area contributed by atoms with E-state index in [0.717, 1.165) is 35.6 Å². The molecule has 0 spiro atoms. The number of nitrogens with one attached hydrogen (secondary N) is 1. The number of ether oxygens (including phenoxy) is 1. The van der Waals surface area contributed by atoms with Gasteiger partial charge in [-0.1, -0.05) is 25.1 Å². The molecule has 3 nitrogen and oxygen atoms in total. The predicted octanol–water partition coefficient (Wildman–Crippen LogP) is 2.94. The summed E-state index contributed by atoms with van der Waals surface area (Å²) in [6, 6.07) is 6.13. The number of carbonyl (C=O) groups excluding carboxylic acids is 1. The van der Waals surface area contributed by atoms with Gasteiger partial charge in [0.1, 0.15) is 5.75 Å². The Morgan fingerprint density at radius 1 is 1.32 bits per heavy atom. The van der Waals surface area contributed by atoms with Gasteiger partial charge in [0, 0.05) is 12.3 Å². The SMILES string of the molecule is CCCNC(=O)CSCCOc1c(C)cccc1C. The number of hydrogen-bond donors (Lipinski definition) is 1. The maximum Gasteiger partial charge on any atom is 0.229 e. The Morgan fingerprint density at radius 2 is 2.00 bits per heavy atom. The van der Waals surface area contributed by atoms with Crippen LogP contribution in [0.15, 0.2) is 18.2 Å². The van der Waals surface area contributed by atoms with E-state index in [1.165, 1.54) is 0 Å². The minimum absolute atomic E-state index is 0.110. The van der Waals surface area contributed by atoms with Gasteiger partial charge in [0.05, 0.1) is 12.4 Å². The standard InChI is InChI=1S/C15H23NO2S/c1-4-8-16-14(17)11-19-10-9-18-15-12(2)6-5-7-13(15)3/h5-7H,4,8-11H2,1-3H3,(H,16,17). The predicted molar refractivity (Wildman–Crippen MR) is 82.0 cm³/mol. The first-order chi connectivity index (χ1) is 9.15. The van der Waals surface area contributed by atoms with E-state index >= 15 is 0 Å². The summed E-state index contributed by atoms with van der Waals surface area (Å²) in [6.45, 7) is 7.54. The van der Waals surface area contributed by atoms with Crippen molar-refractivity contribution in [1.29, 1.82) is 0 Å². The van der Waals surface area contributed by atoms with Crippen LogP contribution in [0.4, 0.5) is 0 Å². The van der Waals surface area contributed by atoms with Crippen molar-refractivity contribution >= 4 is 17.7 Å². The van der Waals surface area contributed by atoms with Crippen LogP contribution in [0.1, 0.15) is 24.5 Å². The zero-order valence-corrected chi connectivity index (χ0v) is 12.8. The summed E-state index contributed by atoms with van der Waals surface area (Å²) in [5.41, 5.74) is 2.32. The molecule has 0 aliphatic carbocycles. The molecule has 0 bridgehead atoms. The highest BCUT2D eigenvalue weighted by Gasteiger charge is 2.03. The summed E-state index contributed by atoms with van der Waals surface area (Å²) in [6.07, 6.45) is 0.978. The molecule has 1 aromatic rings. The van der Waals surface area contributed by atoms with Gasteiger partial charge in [-0.25, -0.2) is 0 Å². The summed E-state index contributed by atoms with van der Waals surface area (Å²) in [5.74, 6) is 2.42. The largest absolute Gasteiger partial charge is 0.492 e. The first kappa shape index (κ1) is 15.9. The Morgan fingerprint density at radius 3 is 2.63 bits per heavy atom. The zero-order chi connectivity index (χ0) is 14.1. The Balaban J connectivity index is 2.19. The molecule has 4 heteroatoms. The molecule has 0 fully saturated rings. The number of carbonyl (C=O) groups is 1. The molecule has 106 valence electrons. The van der Waals surface area contributed by atoms with Crippen molar-refractivity contribution in [2.24, 2.45) is 0 Å². The molecule has 0 radical (unpaired) electrons. The smallest absolute Gasteiger partial charge is 0.229 e. The third-order valence-electron chi connectivity index (χ3n) is 2.69. The molecule has 0 saturated heterocycles. The van der Waals surface area contributed by atoms with Gasteiger partial charge in [-0.2, -0.15) is 0 Å². The van der Waals surface area contributed by atoms with Gasteiger partial charge in [-0.05, 0) is 31.4 Å². The van der Waals surface area contributed by atoms with Crippen LogP contribution in [0.5, 0.6) is 5.75 Å². The van der Waals surface area contributed by atoms with Crippen molar-refractivity contribution in [3.05, 3.63) is 29.3 Å². The topological polar surface area (TPSA) is 38.3 Å². The summed E-state index contributed by atoms with van der Waals surface area (Å²) in [5, 5.41) is 2.86. The van der Waals surface area contributed by atoms with Gasteiger partial charge in [0.2, 0.25) is 5.91 Å². The maximum atomic E-state index is 11.4. The van der Waals surface area contributed by atoms with E-state index in [4.69, 9.17) is 4.74 Å². The average molecular weight is 281 g/mol. The van der Waals surface area contributed by atoms with Gasteiger partial charge >= 0.3 is 0 Å². The quantitative estimate of drug-likeness (QED) is 0.745. The second kappa shape index (κ2) is 8.86. The van der Waals surface area contributed by atoms with E-state index < -0.39 is 0 Å². The lowest BCUT2D eigenvalue weighted by Gasteiger charge is -2.11. The fraction of sp³-hybridized carbons (Fsp3) is 0.533. The van der Waals surface area contributed by atoms with Crippen LogP contribution in [0.25, 0.3) is 0 Å². The van der Waals surface area contributed by atoms with Crippen molar-refractivity contribution in [3.63, 3.8) is 0 Å². The van der Waals surface area contributed by atoms with Crippen molar-refractivity contribution in [2.45, 2.75) is 27.2 Å². The van der Waals surface area contributed by atoms with E-state index in [-0.39, 0.29) is 5.91 Å². The number of thioether (sulfide) groups is 1. The van der Waals surface area contributed by atoms with E-state index in [1.54, 1.807) is 11.8 Å². The third-order valence-corrected chi connectivity index (χ3v) is 3.61. The highest BCUT2D eigenvalue weighted by molar-refractivity contribution is 7.99. The van der Waals surface area contributed by atoms with Crippen molar-refractivity contribution in [1.82, 2.24) is 5.32 Å². The van der Waals surface area contributed by atoms with Gasteiger partial charge in [0.25, 0.3) is 0 Å². The Hall–Kier alpha value is -1.16. The van der Waals surface area contributed by atoms with Crippen LogP contribution < -0.4 is 10.1 Å². The number of amides is 1. The fourth-order valence-electron chi connectivity index (χ4n) is 1.71. The van der Waals surface area contributed by atoms with Crippen molar-refractivity contribution in [3.8, 4) is 5.75 Å². The molecular formula is C15H23NO2S. The Bertz CT molecular complexity index is 387. The van der Waals surface area contributed by atoms with Crippen LogP contribution in [0.2, 0.25) is 0 Å². The zero-order valence-electron chi connectivity index (χ0n) is 12.0. The molecule has 0 saturated carbocycles. The summed E-state index contributed by atoms with van der Waals surface area (Å²) >= 11 is 1.61. The van der Waals surface area contributed by atoms with Crippen LogP contribution in [-0.2, 0) is 4.79 Å². The molecule has 0 unspecified atom stereocenters. The van der Waals surface area contributed by atoms with Crippen molar-refractivity contribution in [2.75, 3.05) is 24.7 Å². The molecule has 19 heavy (non-hydrogen) atoms. The highest BCUT2D eigenvalue weighted by atomic mass is 32.2. The summed E-state index contributed by atoms with van der Waals surface area (Å²) in [7, 11) is 0. The van der Waals surface area contributed by atoms with Crippen LogP contribution >= 0.6 is 11.8 Å². The summed E-state index contributed by atoms with van der Waals surface area (Å²) in [4.78, 5) is 11.4. The molecule has 0 aliphatic heterocycles. The van der Waals surface area contributed by atoms with Gasteiger partial charge in [-0.15, -0.1) is 11.8 Å². The number of aryl methyl sites for hydroxylation is 2. The van der Waals surface area contributed by atoms with Crippen LogP contribution in [0, 0.1) is 13.8 Å². The van der Waals surface area contributed by atoms with Gasteiger partial charge in [-0.3, -0.25) is 4.79 Å². The van der Waals surface area contributed by atoms with E-state index in [1.807, 2.05) is 39.0 Å². The lowest BCUT2D eigenvalue weighted by Crippen LogP contribution is -2.26. The average Bonchev–Trinajstić information content (AvgIpc) is 2.39. The number of benzene rings is 1. The van der Waals surface area contributed by atoms with Gasteiger partial charge in [0.15, 0.2) is 0 Å². The summed E-state index contributed by atoms with van der Waals surface area (Å²) < 4.78 is 5.78. The van der Waals surface area contributed by atoms with Crippen LogP contribution in [0.3, 0.4) is 0 Å². The fourth-order valence-corrected chi connectivity index (χ4v) is 2.34. The second-order valence-corrected chi connectivity index (χ2v) is 5.58. The normalized spacial score (nSPS) is 10.3. The van der Waals surface area contributed by atoms with E-state index in [2.05, 4.69) is 5.32 Å².